The van der Waals surface area contributed by atoms with E-state index in [0.717, 1.165) is 33.7 Å². The monoisotopic (exact) mass is 342 g/mol. The van der Waals surface area contributed by atoms with Crippen LogP contribution in [0.4, 0.5) is 0 Å². The van der Waals surface area contributed by atoms with Gasteiger partial charge in [-0.2, -0.15) is 5.10 Å². The predicted molar refractivity (Wildman–Crippen MR) is 80.7 cm³/mol. The lowest BCUT2D eigenvalue weighted by atomic mass is 10.2. The van der Waals surface area contributed by atoms with Crippen LogP contribution in [0.15, 0.2) is 28.7 Å². The molecule has 0 amide bonds. The number of hydrogen-bond donors (Lipinski definition) is 0. The van der Waals surface area contributed by atoms with Crippen LogP contribution in [-0.2, 0) is 19.0 Å². The molecule has 1 heterocycles. The van der Waals surface area contributed by atoms with Gasteiger partial charge in [0.2, 0.25) is 0 Å². The third kappa shape index (κ3) is 3.51. The minimum Gasteiger partial charge on any atom is -0.487 e. The first-order valence-electron chi connectivity index (χ1n) is 6.14. The summed E-state index contributed by atoms with van der Waals surface area (Å²) in [5, 5.41) is 4.40. The molecule has 0 saturated heterocycles. The lowest BCUT2D eigenvalue weighted by Gasteiger charge is -2.11. The van der Waals surface area contributed by atoms with Crippen molar-refractivity contribution in [3.63, 3.8) is 0 Å². The van der Waals surface area contributed by atoms with Crippen molar-refractivity contribution in [3.05, 3.63) is 45.7 Å². The summed E-state index contributed by atoms with van der Waals surface area (Å²) in [6.45, 7) is 5.40. The molecule has 0 radical (unpaired) electrons. The van der Waals surface area contributed by atoms with Gasteiger partial charge in [-0.1, -0.05) is 15.9 Å². The molecule has 0 unspecified atom stereocenters. The van der Waals surface area contributed by atoms with Crippen molar-refractivity contribution in [2.24, 2.45) is 0 Å². The van der Waals surface area contributed by atoms with Crippen molar-refractivity contribution in [1.82, 2.24) is 9.78 Å². The molecule has 0 spiro atoms. The molecule has 0 fully saturated rings. The van der Waals surface area contributed by atoms with Gasteiger partial charge in [-0.05, 0) is 38.1 Å². The molecular weight excluding hydrogens is 328 g/mol. The highest BCUT2D eigenvalue weighted by atomic mass is 79.9. The lowest BCUT2D eigenvalue weighted by Crippen LogP contribution is -2.06. The van der Waals surface area contributed by atoms with Crippen molar-refractivity contribution in [1.29, 1.82) is 0 Å². The molecule has 0 N–H and O–H groups in total. The van der Waals surface area contributed by atoms with Crippen molar-refractivity contribution >= 4 is 27.5 Å². The van der Waals surface area contributed by atoms with Gasteiger partial charge in [-0.3, -0.25) is 4.68 Å². The van der Waals surface area contributed by atoms with Crippen molar-refractivity contribution in [3.8, 4) is 5.75 Å². The van der Waals surface area contributed by atoms with Gasteiger partial charge in [0.1, 0.15) is 12.4 Å². The third-order valence-electron chi connectivity index (χ3n) is 2.83. The zero-order chi connectivity index (χ0) is 13.8. The van der Waals surface area contributed by atoms with Gasteiger partial charge in [0.15, 0.2) is 0 Å². The fourth-order valence-corrected chi connectivity index (χ4v) is 2.55. The largest absolute Gasteiger partial charge is 0.487 e. The number of aromatic nitrogens is 2. The Labute approximate surface area is 126 Å². The molecule has 5 heteroatoms. The van der Waals surface area contributed by atoms with E-state index < -0.39 is 0 Å². The van der Waals surface area contributed by atoms with E-state index in [1.807, 2.05) is 35.9 Å². The SMILES string of the molecule is CCn1nc(C)cc1COc1ccc(Br)cc1CCl. The van der Waals surface area contributed by atoms with Crippen molar-refractivity contribution < 1.29 is 4.74 Å². The molecule has 1 aromatic carbocycles. The third-order valence-corrected chi connectivity index (χ3v) is 3.61. The van der Waals surface area contributed by atoms with E-state index in [0.29, 0.717) is 12.5 Å². The van der Waals surface area contributed by atoms with Crippen LogP contribution < -0.4 is 4.74 Å². The molecule has 19 heavy (non-hydrogen) atoms. The summed E-state index contributed by atoms with van der Waals surface area (Å²) in [6, 6.07) is 7.91. The van der Waals surface area contributed by atoms with Gasteiger partial charge >= 0.3 is 0 Å². The van der Waals surface area contributed by atoms with Gasteiger partial charge in [-0.15, -0.1) is 11.6 Å². The number of benzene rings is 1. The van der Waals surface area contributed by atoms with Gasteiger partial charge in [-0.25, -0.2) is 0 Å². The first kappa shape index (κ1) is 14.4. The van der Waals surface area contributed by atoms with E-state index in [-0.39, 0.29) is 0 Å². The lowest BCUT2D eigenvalue weighted by molar-refractivity contribution is 0.290. The minimum absolute atomic E-state index is 0.431. The van der Waals surface area contributed by atoms with Crippen LogP contribution in [0, 0.1) is 6.92 Å². The van der Waals surface area contributed by atoms with Gasteiger partial charge in [0.25, 0.3) is 0 Å². The molecule has 1 aromatic heterocycles. The summed E-state index contributed by atoms with van der Waals surface area (Å²) < 4.78 is 8.82. The van der Waals surface area contributed by atoms with E-state index in [1.54, 1.807) is 0 Å². The minimum atomic E-state index is 0.431. The molecule has 0 saturated carbocycles. The Hall–Kier alpha value is -1.000. The van der Waals surface area contributed by atoms with Gasteiger partial charge in [0, 0.05) is 16.6 Å². The Balaban J connectivity index is 2.14. The maximum atomic E-state index is 5.93. The molecule has 102 valence electrons. The Kier molecular flexibility index (Phi) is 4.88. The molecule has 2 aromatic rings. The first-order valence-corrected chi connectivity index (χ1v) is 7.47. The van der Waals surface area contributed by atoms with E-state index in [4.69, 9.17) is 16.3 Å². The highest BCUT2D eigenvalue weighted by molar-refractivity contribution is 9.10. The average Bonchev–Trinajstić information content (AvgIpc) is 2.77. The highest BCUT2D eigenvalue weighted by Gasteiger charge is 2.07. The molecule has 0 aliphatic rings. The number of ether oxygens (including phenoxy) is 1. The molecule has 0 bridgehead atoms. The molecule has 3 nitrogen and oxygen atoms in total. The Morgan fingerprint density at radius 2 is 2.16 bits per heavy atom. The van der Waals surface area contributed by atoms with Crippen molar-refractivity contribution in [2.45, 2.75) is 32.9 Å². The summed E-state index contributed by atoms with van der Waals surface area (Å²) >= 11 is 9.36. The van der Waals surface area contributed by atoms with Crippen LogP contribution in [0.1, 0.15) is 23.9 Å². The fraction of sp³-hybridized carbons (Fsp3) is 0.357. The summed E-state index contributed by atoms with van der Waals surface area (Å²) in [6.07, 6.45) is 0. The number of halogens is 2. The summed E-state index contributed by atoms with van der Waals surface area (Å²) in [5.41, 5.74) is 3.06. The first-order chi connectivity index (χ1) is 9.13. The Bertz CT molecular complexity index is 569. The molecule has 0 aliphatic heterocycles. The van der Waals surface area contributed by atoms with Crippen molar-refractivity contribution in [2.75, 3.05) is 0 Å². The molecule has 2 rings (SSSR count). The zero-order valence-electron chi connectivity index (χ0n) is 11.0. The van der Waals surface area contributed by atoms with Crippen LogP contribution in [0.2, 0.25) is 0 Å². The Morgan fingerprint density at radius 1 is 1.37 bits per heavy atom. The van der Waals surface area contributed by atoms with Crippen LogP contribution >= 0.6 is 27.5 Å². The number of nitrogens with zero attached hydrogens (tertiary/aromatic N) is 2. The van der Waals surface area contributed by atoms with Gasteiger partial charge in [0.05, 0.1) is 17.3 Å². The number of rotatable bonds is 5. The summed E-state index contributed by atoms with van der Waals surface area (Å²) in [7, 11) is 0. The maximum absolute atomic E-state index is 5.93. The maximum Gasteiger partial charge on any atom is 0.130 e. The van der Waals surface area contributed by atoms with Crippen LogP contribution in [0.25, 0.3) is 0 Å². The van der Waals surface area contributed by atoms with E-state index >= 15 is 0 Å². The molecule has 0 atom stereocenters. The fourth-order valence-electron chi connectivity index (χ4n) is 1.93. The van der Waals surface area contributed by atoms with Crippen LogP contribution in [0.3, 0.4) is 0 Å². The highest BCUT2D eigenvalue weighted by Crippen LogP contribution is 2.25. The van der Waals surface area contributed by atoms with E-state index in [9.17, 15) is 0 Å². The van der Waals surface area contributed by atoms with E-state index in [2.05, 4.69) is 28.0 Å². The van der Waals surface area contributed by atoms with Gasteiger partial charge < -0.3 is 4.74 Å². The second-order valence-corrected chi connectivity index (χ2v) is 5.45. The second kappa shape index (κ2) is 6.44. The smallest absolute Gasteiger partial charge is 0.130 e. The average molecular weight is 344 g/mol. The normalized spacial score (nSPS) is 10.7. The quantitative estimate of drug-likeness (QED) is 0.757. The van der Waals surface area contributed by atoms with E-state index in [1.165, 1.54) is 0 Å². The predicted octanol–water partition coefficient (Wildman–Crippen LogP) is 4.29. The summed E-state index contributed by atoms with van der Waals surface area (Å²) in [5.74, 6) is 1.25. The number of alkyl halides is 1. The Morgan fingerprint density at radius 3 is 2.84 bits per heavy atom. The van der Waals surface area contributed by atoms with Crippen LogP contribution in [0.5, 0.6) is 5.75 Å². The zero-order valence-corrected chi connectivity index (χ0v) is 13.3. The number of hydrogen-bond acceptors (Lipinski definition) is 2. The summed E-state index contributed by atoms with van der Waals surface area (Å²) in [4.78, 5) is 0. The topological polar surface area (TPSA) is 27.1 Å². The van der Waals surface area contributed by atoms with Crippen LogP contribution in [-0.4, -0.2) is 9.78 Å². The molecular formula is C14H16BrClN2O. The standard InChI is InChI=1S/C14H16BrClN2O/c1-3-18-13(6-10(2)17-18)9-19-14-5-4-12(15)7-11(14)8-16/h4-7H,3,8-9H2,1-2H3. The molecule has 0 aliphatic carbocycles. The second-order valence-electron chi connectivity index (χ2n) is 4.27. The number of aryl methyl sites for hydroxylation is 2.